The van der Waals surface area contributed by atoms with Gasteiger partial charge in [-0.3, -0.25) is 19.4 Å². The van der Waals surface area contributed by atoms with Gasteiger partial charge in [0.15, 0.2) is 0 Å². The van der Waals surface area contributed by atoms with Crippen LogP contribution in [0.25, 0.3) is 0 Å². The van der Waals surface area contributed by atoms with Crippen LogP contribution in [0, 0.1) is 0 Å². The van der Waals surface area contributed by atoms with Crippen LogP contribution in [-0.2, 0) is 9.59 Å². The number of carbonyl (C=O) groups excluding carboxylic acids is 2. The number of nitrogens with zero attached hydrogens (tertiary/aromatic N) is 2. The van der Waals surface area contributed by atoms with Crippen LogP contribution < -0.4 is 11.5 Å². The van der Waals surface area contributed by atoms with Gasteiger partial charge in [0.2, 0.25) is 11.8 Å². The van der Waals surface area contributed by atoms with E-state index in [9.17, 15) is 9.59 Å². The monoisotopic (exact) mass is 198 g/mol. The van der Waals surface area contributed by atoms with E-state index in [2.05, 4.69) is 0 Å². The Morgan fingerprint density at radius 1 is 1.14 bits per heavy atom. The molecule has 6 heteroatoms. The van der Waals surface area contributed by atoms with Crippen molar-refractivity contribution in [3.05, 3.63) is 12.4 Å². The van der Waals surface area contributed by atoms with E-state index < -0.39 is 0 Å². The minimum Gasteiger partial charge on any atom is -0.330 e. The molecule has 0 spiro atoms. The topological polar surface area (TPSA) is 92.7 Å². The molecule has 4 N–H and O–H groups in total. The first kappa shape index (κ1) is 10.7. The summed E-state index contributed by atoms with van der Waals surface area (Å²) >= 11 is 0. The molecule has 0 radical (unpaired) electrons. The van der Waals surface area contributed by atoms with E-state index >= 15 is 0 Å². The van der Waals surface area contributed by atoms with Crippen molar-refractivity contribution in [2.24, 2.45) is 11.5 Å². The third-order valence-electron chi connectivity index (χ3n) is 1.90. The molecular weight excluding hydrogens is 184 g/mol. The Morgan fingerprint density at radius 2 is 1.71 bits per heavy atom. The molecule has 0 bridgehead atoms. The summed E-state index contributed by atoms with van der Waals surface area (Å²) in [5.41, 5.74) is 10.4. The number of carbonyl (C=O) groups is 2. The van der Waals surface area contributed by atoms with E-state index in [1.165, 1.54) is 9.80 Å². The third kappa shape index (κ3) is 2.30. The van der Waals surface area contributed by atoms with Crippen molar-refractivity contribution in [2.45, 2.75) is 6.42 Å². The van der Waals surface area contributed by atoms with Gasteiger partial charge in [0, 0.05) is 25.4 Å². The van der Waals surface area contributed by atoms with E-state index in [1.54, 1.807) is 12.4 Å². The molecule has 0 saturated carbocycles. The lowest BCUT2D eigenvalue weighted by molar-refractivity contribution is -0.132. The second-order valence-corrected chi connectivity index (χ2v) is 2.91. The second kappa shape index (κ2) is 4.73. The standard InChI is InChI=1S/C8H14N4O2/c9-2-1-7(13)11-3-4-12(6-11)8(14)5-10/h3-4H,1-2,5-6,9-10H2. The summed E-state index contributed by atoms with van der Waals surface area (Å²) in [6, 6.07) is 0. The first-order chi connectivity index (χ1) is 6.69. The van der Waals surface area contributed by atoms with Crippen molar-refractivity contribution in [2.75, 3.05) is 19.8 Å². The highest BCUT2D eigenvalue weighted by molar-refractivity contribution is 5.82. The van der Waals surface area contributed by atoms with E-state index in [-0.39, 0.29) is 31.4 Å². The Morgan fingerprint density at radius 3 is 2.21 bits per heavy atom. The highest BCUT2D eigenvalue weighted by Crippen LogP contribution is 2.07. The summed E-state index contributed by atoms with van der Waals surface area (Å²) in [6.07, 6.45) is 3.39. The van der Waals surface area contributed by atoms with E-state index in [4.69, 9.17) is 11.5 Å². The number of nitrogens with two attached hydrogens (primary N) is 2. The maximum Gasteiger partial charge on any atom is 0.241 e. The van der Waals surface area contributed by atoms with E-state index in [1.807, 2.05) is 0 Å². The molecule has 0 aromatic carbocycles. The summed E-state index contributed by atoms with van der Waals surface area (Å²) < 4.78 is 0. The average Bonchev–Trinajstić information content (AvgIpc) is 2.66. The van der Waals surface area contributed by atoms with Crippen LogP contribution in [-0.4, -0.2) is 41.4 Å². The highest BCUT2D eigenvalue weighted by atomic mass is 16.2. The Bertz CT molecular complexity index is 264. The molecule has 0 aliphatic carbocycles. The molecule has 14 heavy (non-hydrogen) atoms. The summed E-state index contributed by atoms with van der Waals surface area (Å²) in [4.78, 5) is 25.3. The van der Waals surface area contributed by atoms with Crippen molar-refractivity contribution >= 4 is 11.8 Å². The van der Waals surface area contributed by atoms with Gasteiger partial charge in [-0.25, -0.2) is 0 Å². The first-order valence-electron chi connectivity index (χ1n) is 4.36. The summed E-state index contributed by atoms with van der Waals surface area (Å²) in [5, 5.41) is 0. The minimum absolute atomic E-state index is 0.0523. The van der Waals surface area contributed by atoms with Crippen LogP contribution in [0.15, 0.2) is 12.4 Å². The lowest BCUT2D eigenvalue weighted by Gasteiger charge is -2.17. The van der Waals surface area contributed by atoms with Crippen LogP contribution in [0.5, 0.6) is 0 Å². The van der Waals surface area contributed by atoms with Gasteiger partial charge in [0.1, 0.15) is 6.67 Å². The van der Waals surface area contributed by atoms with Gasteiger partial charge >= 0.3 is 0 Å². The fourth-order valence-corrected chi connectivity index (χ4v) is 1.13. The van der Waals surface area contributed by atoms with Crippen LogP contribution in [0.2, 0.25) is 0 Å². The quantitative estimate of drug-likeness (QED) is 0.571. The molecule has 0 unspecified atom stereocenters. The van der Waals surface area contributed by atoms with Gasteiger partial charge in [0.25, 0.3) is 0 Å². The lowest BCUT2D eigenvalue weighted by atomic mass is 10.4. The van der Waals surface area contributed by atoms with E-state index in [0.29, 0.717) is 6.54 Å². The predicted octanol–water partition coefficient (Wildman–Crippen LogP) is -1.61. The lowest BCUT2D eigenvalue weighted by Crippen LogP contribution is -2.37. The average molecular weight is 198 g/mol. The number of hydrogen-bond donors (Lipinski definition) is 2. The Labute approximate surface area is 82.1 Å². The zero-order valence-electron chi connectivity index (χ0n) is 7.85. The van der Waals surface area contributed by atoms with Crippen molar-refractivity contribution in [1.29, 1.82) is 0 Å². The number of amides is 2. The first-order valence-corrected chi connectivity index (χ1v) is 4.36. The van der Waals surface area contributed by atoms with Gasteiger partial charge in [-0.05, 0) is 0 Å². The Kier molecular flexibility index (Phi) is 3.61. The highest BCUT2D eigenvalue weighted by Gasteiger charge is 2.21. The predicted molar refractivity (Wildman–Crippen MR) is 50.4 cm³/mol. The number of rotatable bonds is 3. The van der Waals surface area contributed by atoms with Crippen molar-refractivity contribution in [3.63, 3.8) is 0 Å². The number of hydrogen-bond acceptors (Lipinski definition) is 4. The van der Waals surface area contributed by atoms with Gasteiger partial charge in [-0.1, -0.05) is 0 Å². The normalized spacial score (nSPS) is 15.0. The van der Waals surface area contributed by atoms with E-state index in [0.717, 1.165) is 0 Å². The Balaban J connectivity index is 2.46. The molecule has 0 atom stereocenters. The van der Waals surface area contributed by atoms with Crippen molar-refractivity contribution < 1.29 is 9.59 Å². The van der Waals surface area contributed by atoms with Gasteiger partial charge in [0.05, 0.1) is 6.54 Å². The van der Waals surface area contributed by atoms with Crippen molar-refractivity contribution in [3.8, 4) is 0 Å². The molecule has 0 saturated heterocycles. The Hall–Kier alpha value is -1.40. The summed E-state index contributed by atoms with van der Waals surface area (Å²) in [5.74, 6) is -0.291. The molecular formula is C8H14N4O2. The molecule has 1 aliphatic rings. The maximum absolute atomic E-state index is 11.3. The van der Waals surface area contributed by atoms with Crippen LogP contribution >= 0.6 is 0 Å². The van der Waals surface area contributed by atoms with Gasteiger partial charge < -0.3 is 11.5 Å². The third-order valence-corrected chi connectivity index (χ3v) is 1.90. The molecule has 0 fully saturated rings. The van der Waals surface area contributed by atoms with Crippen LogP contribution in [0.4, 0.5) is 0 Å². The fraction of sp³-hybridized carbons (Fsp3) is 0.500. The van der Waals surface area contributed by atoms with Crippen LogP contribution in [0.3, 0.4) is 0 Å². The fourth-order valence-electron chi connectivity index (χ4n) is 1.13. The maximum atomic E-state index is 11.3. The molecule has 6 nitrogen and oxygen atoms in total. The molecule has 78 valence electrons. The van der Waals surface area contributed by atoms with Crippen molar-refractivity contribution in [1.82, 2.24) is 9.80 Å². The zero-order chi connectivity index (χ0) is 10.6. The molecule has 2 amide bonds. The largest absolute Gasteiger partial charge is 0.330 e. The minimum atomic E-state index is -0.204. The smallest absolute Gasteiger partial charge is 0.241 e. The molecule has 1 aliphatic heterocycles. The van der Waals surface area contributed by atoms with Crippen LogP contribution in [0.1, 0.15) is 6.42 Å². The molecule has 0 aromatic heterocycles. The summed E-state index contributed by atoms with van der Waals surface area (Å²) in [6.45, 7) is 0.506. The molecule has 1 heterocycles. The summed E-state index contributed by atoms with van der Waals surface area (Å²) in [7, 11) is 0. The van der Waals surface area contributed by atoms with Gasteiger partial charge in [-0.2, -0.15) is 0 Å². The van der Waals surface area contributed by atoms with Gasteiger partial charge in [-0.15, -0.1) is 0 Å². The molecule has 1 rings (SSSR count). The molecule has 0 aromatic rings. The second-order valence-electron chi connectivity index (χ2n) is 2.91. The SMILES string of the molecule is NCCC(=O)N1C=CN(C(=O)CN)C1. The zero-order valence-corrected chi connectivity index (χ0v) is 7.85.